The first kappa shape index (κ1) is 12.9. The van der Waals surface area contributed by atoms with Crippen molar-refractivity contribution < 1.29 is 0 Å². The first-order chi connectivity index (χ1) is 9.65. The monoisotopic (exact) mass is 273 g/mol. The van der Waals surface area contributed by atoms with Crippen LogP contribution in [0.2, 0.25) is 0 Å². The third-order valence-electron chi connectivity index (χ3n) is 3.63. The van der Waals surface area contributed by atoms with Gasteiger partial charge in [0.2, 0.25) is 5.95 Å². The quantitative estimate of drug-likeness (QED) is 0.834. The van der Waals surface area contributed by atoms with Crippen LogP contribution in [0.3, 0.4) is 0 Å². The van der Waals surface area contributed by atoms with Gasteiger partial charge in [0, 0.05) is 38.4 Å². The molecule has 1 fully saturated rings. The highest BCUT2D eigenvalue weighted by atomic mass is 15.3. The second-order valence-electron chi connectivity index (χ2n) is 5.06. The van der Waals surface area contributed by atoms with Crippen molar-refractivity contribution >= 4 is 11.8 Å². The predicted octanol–water partition coefficient (Wildman–Crippen LogP) is 0.257. The maximum atomic E-state index is 5.84. The standard InChI is InChI=1S/C13H19N7/c1-15-9-3-6-20(8-9)12-7-11(16-13(14)17-12)10-4-5-19(2)18-10/h4-5,7,9,15H,3,6,8H2,1-2H3,(H2,14,16,17). The number of likely N-dealkylation sites (N-methyl/N-ethyl adjacent to an activating group) is 1. The Labute approximate surface area is 117 Å². The molecule has 3 heterocycles. The summed E-state index contributed by atoms with van der Waals surface area (Å²) in [5.41, 5.74) is 7.42. The number of aryl methyl sites for hydroxylation is 1. The van der Waals surface area contributed by atoms with E-state index in [0.29, 0.717) is 6.04 Å². The van der Waals surface area contributed by atoms with Gasteiger partial charge in [0.05, 0.1) is 5.69 Å². The number of nitrogens with zero attached hydrogens (tertiary/aromatic N) is 5. The molecule has 3 N–H and O–H groups in total. The number of anilines is 2. The summed E-state index contributed by atoms with van der Waals surface area (Å²) >= 11 is 0. The zero-order valence-corrected chi connectivity index (χ0v) is 11.7. The van der Waals surface area contributed by atoms with Gasteiger partial charge in [-0.3, -0.25) is 4.68 Å². The Balaban J connectivity index is 1.91. The molecule has 0 bridgehead atoms. The fraction of sp³-hybridized carbons (Fsp3) is 0.462. The van der Waals surface area contributed by atoms with Crippen LogP contribution in [0.25, 0.3) is 11.4 Å². The highest BCUT2D eigenvalue weighted by Crippen LogP contribution is 2.24. The Morgan fingerprint density at radius 2 is 2.20 bits per heavy atom. The average Bonchev–Trinajstić information content (AvgIpc) is 3.06. The first-order valence-corrected chi connectivity index (χ1v) is 6.72. The van der Waals surface area contributed by atoms with Crippen LogP contribution in [-0.4, -0.2) is 45.9 Å². The van der Waals surface area contributed by atoms with Crippen molar-refractivity contribution in [2.75, 3.05) is 30.8 Å². The van der Waals surface area contributed by atoms with Gasteiger partial charge in [-0.05, 0) is 19.5 Å². The van der Waals surface area contributed by atoms with Crippen molar-refractivity contribution in [3.63, 3.8) is 0 Å². The van der Waals surface area contributed by atoms with Gasteiger partial charge in [0.1, 0.15) is 11.5 Å². The van der Waals surface area contributed by atoms with Crippen molar-refractivity contribution in [1.82, 2.24) is 25.1 Å². The van der Waals surface area contributed by atoms with Gasteiger partial charge >= 0.3 is 0 Å². The summed E-state index contributed by atoms with van der Waals surface area (Å²) in [5.74, 6) is 1.16. The Hall–Kier alpha value is -2.15. The molecule has 20 heavy (non-hydrogen) atoms. The summed E-state index contributed by atoms with van der Waals surface area (Å²) in [4.78, 5) is 10.9. The Morgan fingerprint density at radius 1 is 1.35 bits per heavy atom. The van der Waals surface area contributed by atoms with Crippen LogP contribution in [0.15, 0.2) is 18.3 Å². The molecule has 1 unspecified atom stereocenters. The van der Waals surface area contributed by atoms with Crippen LogP contribution in [0, 0.1) is 0 Å². The molecule has 0 aliphatic carbocycles. The van der Waals surface area contributed by atoms with Crippen molar-refractivity contribution in [1.29, 1.82) is 0 Å². The topological polar surface area (TPSA) is 84.9 Å². The lowest BCUT2D eigenvalue weighted by Crippen LogP contribution is -2.30. The fourth-order valence-electron chi connectivity index (χ4n) is 2.50. The number of hydrogen-bond donors (Lipinski definition) is 2. The number of nitrogen functional groups attached to an aromatic ring is 1. The van der Waals surface area contributed by atoms with Gasteiger partial charge in [0.25, 0.3) is 0 Å². The molecular weight excluding hydrogens is 254 g/mol. The summed E-state index contributed by atoms with van der Waals surface area (Å²) in [5, 5.41) is 7.66. The van der Waals surface area contributed by atoms with E-state index in [1.54, 1.807) is 4.68 Å². The molecule has 0 aromatic carbocycles. The molecule has 0 saturated carbocycles. The zero-order chi connectivity index (χ0) is 14.1. The van der Waals surface area contributed by atoms with E-state index < -0.39 is 0 Å². The molecule has 1 aliphatic rings. The molecule has 0 amide bonds. The van der Waals surface area contributed by atoms with E-state index in [1.165, 1.54) is 0 Å². The number of aromatic nitrogens is 4. The summed E-state index contributed by atoms with van der Waals surface area (Å²) in [6, 6.07) is 4.38. The van der Waals surface area contributed by atoms with Crippen LogP contribution in [-0.2, 0) is 7.05 Å². The Morgan fingerprint density at radius 3 is 2.85 bits per heavy atom. The van der Waals surface area contributed by atoms with Crippen molar-refractivity contribution in [2.45, 2.75) is 12.5 Å². The maximum absolute atomic E-state index is 5.84. The van der Waals surface area contributed by atoms with E-state index in [1.807, 2.05) is 32.4 Å². The molecule has 7 nitrogen and oxygen atoms in total. The molecule has 1 aliphatic heterocycles. The summed E-state index contributed by atoms with van der Waals surface area (Å²) < 4.78 is 1.75. The average molecular weight is 273 g/mol. The molecule has 7 heteroatoms. The van der Waals surface area contributed by atoms with Gasteiger partial charge in [-0.25, -0.2) is 4.98 Å². The summed E-state index contributed by atoms with van der Waals surface area (Å²) in [7, 11) is 3.87. The van der Waals surface area contributed by atoms with Crippen LogP contribution in [0.4, 0.5) is 11.8 Å². The lowest BCUT2D eigenvalue weighted by Gasteiger charge is -2.18. The zero-order valence-electron chi connectivity index (χ0n) is 11.7. The van der Waals surface area contributed by atoms with E-state index in [9.17, 15) is 0 Å². The van der Waals surface area contributed by atoms with E-state index in [2.05, 4.69) is 25.3 Å². The van der Waals surface area contributed by atoms with E-state index in [4.69, 9.17) is 5.73 Å². The maximum Gasteiger partial charge on any atom is 0.222 e. The summed E-state index contributed by atoms with van der Waals surface area (Å²) in [6.45, 7) is 1.91. The molecule has 3 rings (SSSR count). The van der Waals surface area contributed by atoms with Crippen LogP contribution >= 0.6 is 0 Å². The number of hydrogen-bond acceptors (Lipinski definition) is 6. The normalized spacial score (nSPS) is 18.7. The van der Waals surface area contributed by atoms with E-state index >= 15 is 0 Å². The molecule has 106 valence electrons. The fourth-order valence-corrected chi connectivity index (χ4v) is 2.50. The number of nitrogens with two attached hydrogens (primary N) is 1. The van der Waals surface area contributed by atoms with Gasteiger partial charge < -0.3 is 16.0 Å². The minimum atomic E-state index is 0.288. The SMILES string of the molecule is CNC1CCN(c2cc(-c3ccn(C)n3)nc(N)n2)C1. The molecule has 1 saturated heterocycles. The van der Waals surface area contributed by atoms with Gasteiger partial charge in [-0.15, -0.1) is 0 Å². The smallest absolute Gasteiger partial charge is 0.222 e. The second kappa shape index (κ2) is 5.09. The Bertz CT molecular complexity index is 607. The lowest BCUT2D eigenvalue weighted by atomic mass is 10.3. The molecular formula is C13H19N7. The lowest BCUT2D eigenvalue weighted by molar-refractivity contribution is 0.616. The molecule has 2 aromatic heterocycles. The Kier molecular flexibility index (Phi) is 3.27. The third-order valence-corrected chi connectivity index (χ3v) is 3.63. The highest BCUT2D eigenvalue weighted by Gasteiger charge is 2.23. The minimum Gasteiger partial charge on any atom is -0.368 e. The van der Waals surface area contributed by atoms with Gasteiger partial charge in [-0.2, -0.15) is 10.1 Å². The first-order valence-electron chi connectivity index (χ1n) is 6.72. The molecule has 2 aromatic rings. The van der Waals surface area contributed by atoms with Crippen LogP contribution < -0.4 is 16.0 Å². The molecule has 1 atom stereocenters. The van der Waals surface area contributed by atoms with E-state index in [-0.39, 0.29) is 5.95 Å². The van der Waals surface area contributed by atoms with Crippen molar-refractivity contribution in [2.24, 2.45) is 7.05 Å². The third kappa shape index (κ3) is 2.44. The molecule has 0 spiro atoms. The van der Waals surface area contributed by atoms with Gasteiger partial charge in [-0.1, -0.05) is 0 Å². The van der Waals surface area contributed by atoms with E-state index in [0.717, 1.165) is 36.7 Å². The number of rotatable bonds is 3. The van der Waals surface area contributed by atoms with Crippen molar-refractivity contribution in [3.8, 4) is 11.4 Å². The second-order valence-corrected chi connectivity index (χ2v) is 5.06. The predicted molar refractivity (Wildman–Crippen MR) is 78.3 cm³/mol. The highest BCUT2D eigenvalue weighted by molar-refractivity contribution is 5.61. The minimum absolute atomic E-state index is 0.288. The number of nitrogens with one attached hydrogen (secondary N) is 1. The van der Waals surface area contributed by atoms with Gasteiger partial charge in [0.15, 0.2) is 0 Å². The largest absolute Gasteiger partial charge is 0.368 e. The molecule has 0 radical (unpaired) electrons. The van der Waals surface area contributed by atoms with Crippen LogP contribution in [0.1, 0.15) is 6.42 Å². The summed E-state index contributed by atoms with van der Waals surface area (Å²) in [6.07, 6.45) is 3.00. The van der Waals surface area contributed by atoms with Crippen molar-refractivity contribution in [3.05, 3.63) is 18.3 Å². The van der Waals surface area contributed by atoms with Crippen LogP contribution in [0.5, 0.6) is 0 Å².